The summed E-state index contributed by atoms with van der Waals surface area (Å²) in [5.74, 6) is 1.69. The van der Waals surface area contributed by atoms with Crippen LogP contribution in [0.1, 0.15) is 80.3 Å². The van der Waals surface area contributed by atoms with Gasteiger partial charge in [0.2, 0.25) is 11.8 Å². The largest absolute Gasteiger partial charge is 0.488 e. The lowest BCUT2D eigenvalue weighted by Crippen LogP contribution is -2.51. The SMILES string of the molecule is C=CCCN(Cc1nc2c(ccc3cc4c(cc32)OCc2cc(-c3cnc(CN(CCC)C(=O)[C@@H](NC(=O)OC)C(C)C)[nH]3)ccc2-4)[nH]1)C(=O)[C@H](NC(=O)OC)c1ccc(C2C=CC2)cc1. The summed E-state index contributed by atoms with van der Waals surface area (Å²) in [5, 5.41) is 7.33. The number of rotatable bonds is 17. The van der Waals surface area contributed by atoms with Gasteiger partial charge in [0.1, 0.15) is 36.1 Å². The first-order chi connectivity index (χ1) is 32.0. The molecular weight excluding hydrogens is 837 g/mol. The van der Waals surface area contributed by atoms with Crippen molar-refractivity contribution in [2.45, 2.75) is 77.7 Å². The van der Waals surface area contributed by atoms with E-state index in [-0.39, 0.29) is 30.8 Å². The molecule has 15 nitrogen and oxygen atoms in total. The van der Waals surface area contributed by atoms with E-state index in [9.17, 15) is 19.2 Å². The molecule has 1 aliphatic heterocycles. The number of carbonyl (C=O) groups excluding carboxylic acids is 4. The molecule has 4 amide bonds. The number of fused-ring (bicyclic) bond motifs is 6. The molecule has 3 atom stereocenters. The first-order valence-corrected chi connectivity index (χ1v) is 22.4. The lowest BCUT2D eigenvalue weighted by atomic mass is 9.87. The minimum Gasteiger partial charge on any atom is -0.488 e. The molecule has 8 rings (SSSR count). The van der Waals surface area contributed by atoms with Crippen molar-refractivity contribution in [2.24, 2.45) is 5.92 Å². The van der Waals surface area contributed by atoms with Crippen molar-refractivity contribution in [3.63, 3.8) is 0 Å². The predicted octanol–water partition coefficient (Wildman–Crippen LogP) is 8.83. The van der Waals surface area contributed by atoms with Gasteiger partial charge in [0, 0.05) is 30.0 Å². The minimum atomic E-state index is -0.973. The number of hydrogen-bond donors (Lipinski definition) is 4. The van der Waals surface area contributed by atoms with Crippen molar-refractivity contribution in [3.8, 4) is 28.1 Å². The van der Waals surface area contributed by atoms with Gasteiger partial charge in [-0.1, -0.05) is 81.5 Å². The predicted molar refractivity (Wildman–Crippen MR) is 252 cm³/mol. The molecule has 0 radical (unpaired) electrons. The monoisotopic (exact) mass is 892 g/mol. The molecule has 3 heterocycles. The van der Waals surface area contributed by atoms with Crippen LogP contribution in [0.25, 0.3) is 44.2 Å². The van der Waals surface area contributed by atoms with E-state index >= 15 is 0 Å². The number of carbonyl (C=O) groups is 4. The van der Waals surface area contributed by atoms with Crippen molar-refractivity contribution >= 4 is 45.8 Å². The minimum absolute atomic E-state index is 0.140. The fourth-order valence-corrected chi connectivity index (χ4v) is 8.58. The van der Waals surface area contributed by atoms with E-state index < -0.39 is 24.3 Å². The number of amides is 4. The third-order valence-corrected chi connectivity index (χ3v) is 12.3. The maximum absolute atomic E-state index is 14.4. The van der Waals surface area contributed by atoms with Crippen LogP contribution in [0.3, 0.4) is 0 Å². The highest BCUT2D eigenvalue weighted by Gasteiger charge is 2.31. The van der Waals surface area contributed by atoms with Crippen LogP contribution in [-0.2, 0) is 38.8 Å². The van der Waals surface area contributed by atoms with Crippen molar-refractivity contribution in [3.05, 3.63) is 126 Å². The summed E-state index contributed by atoms with van der Waals surface area (Å²) < 4.78 is 16.1. The van der Waals surface area contributed by atoms with Gasteiger partial charge in [-0.25, -0.2) is 19.6 Å². The number of H-pyrrole nitrogens is 2. The van der Waals surface area contributed by atoms with Gasteiger partial charge in [-0.2, -0.15) is 0 Å². The van der Waals surface area contributed by atoms with Crippen LogP contribution >= 0.6 is 0 Å². The number of nitrogens with one attached hydrogen (secondary N) is 4. The molecule has 0 bridgehead atoms. The molecule has 0 fully saturated rings. The van der Waals surface area contributed by atoms with Crippen LogP contribution in [0.4, 0.5) is 9.59 Å². The summed E-state index contributed by atoms with van der Waals surface area (Å²) in [6.45, 7) is 11.3. The smallest absolute Gasteiger partial charge is 0.407 e. The maximum Gasteiger partial charge on any atom is 0.407 e. The molecule has 15 heteroatoms. The number of aromatic nitrogens is 4. The maximum atomic E-state index is 14.4. The molecule has 0 saturated carbocycles. The summed E-state index contributed by atoms with van der Waals surface area (Å²) in [5.41, 5.74) is 8.16. The molecule has 1 aliphatic carbocycles. The normalized spacial score (nSPS) is 14.6. The Morgan fingerprint density at radius 1 is 0.894 bits per heavy atom. The third kappa shape index (κ3) is 9.51. The van der Waals surface area contributed by atoms with Crippen molar-refractivity contribution in [1.82, 2.24) is 40.4 Å². The molecule has 4 N–H and O–H groups in total. The van der Waals surface area contributed by atoms with Gasteiger partial charge in [0.25, 0.3) is 0 Å². The number of nitrogens with zero attached hydrogens (tertiary/aromatic N) is 4. The van der Waals surface area contributed by atoms with Crippen molar-refractivity contribution in [2.75, 3.05) is 27.3 Å². The van der Waals surface area contributed by atoms with Gasteiger partial charge in [0.05, 0.1) is 50.2 Å². The van der Waals surface area contributed by atoms with Gasteiger partial charge in [0.15, 0.2) is 0 Å². The van der Waals surface area contributed by atoms with Crippen LogP contribution < -0.4 is 15.4 Å². The molecule has 1 unspecified atom stereocenters. The molecule has 6 aromatic rings. The van der Waals surface area contributed by atoms with Crippen molar-refractivity contribution < 1.29 is 33.4 Å². The number of alkyl carbamates (subject to hydrolysis) is 2. The van der Waals surface area contributed by atoms with E-state index in [1.165, 1.54) is 14.2 Å². The Balaban J connectivity index is 1.02. The van der Waals surface area contributed by atoms with Gasteiger partial charge in [-0.15, -0.1) is 6.58 Å². The molecule has 342 valence electrons. The number of methoxy groups -OCH3 is 2. The molecule has 2 aromatic heterocycles. The summed E-state index contributed by atoms with van der Waals surface area (Å²) >= 11 is 0. The van der Waals surface area contributed by atoms with Gasteiger partial charge < -0.3 is 44.6 Å². The highest BCUT2D eigenvalue weighted by Crippen LogP contribution is 2.42. The molecular formula is C51H56N8O7. The van der Waals surface area contributed by atoms with E-state index in [4.69, 9.17) is 19.2 Å². The molecule has 0 spiro atoms. The molecule has 66 heavy (non-hydrogen) atoms. The van der Waals surface area contributed by atoms with E-state index in [0.29, 0.717) is 49.2 Å². The second-order valence-corrected chi connectivity index (χ2v) is 17.1. The Bertz CT molecular complexity index is 2810. The van der Waals surface area contributed by atoms with Crippen LogP contribution in [-0.4, -0.2) is 87.1 Å². The van der Waals surface area contributed by atoms with Gasteiger partial charge in [-0.05, 0) is 82.6 Å². The Morgan fingerprint density at radius 2 is 1.64 bits per heavy atom. The van der Waals surface area contributed by atoms with Crippen molar-refractivity contribution in [1.29, 1.82) is 0 Å². The second kappa shape index (κ2) is 19.8. The van der Waals surface area contributed by atoms with Gasteiger partial charge in [-0.3, -0.25) is 9.59 Å². The average Bonchev–Trinajstić information content (AvgIpc) is 3.96. The van der Waals surface area contributed by atoms with Crippen LogP contribution in [0.15, 0.2) is 97.7 Å². The molecule has 4 aromatic carbocycles. The van der Waals surface area contributed by atoms with Crippen LogP contribution in [0, 0.1) is 5.92 Å². The van der Waals surface area contributed by atoms with E-state index in [0.717, 1.165) is 73.9 Å². The number of hydrogen-bond acceptors (Lipinski definition) is 9. The first-order valence-electron chi connectivity index (χ1n) is 22.4. The number of allylic oxidation sites excluding steroid dienone is 2. The number of ether oxygens (including phenoxy) is 3. The summed E-state index contributed by atoms with van der Waals surface area (Å²) in [6, 6.07) is 20.5. The summed E-state index contributed by atoms with van der Waals surface area (Å²) in [7, 11) is 2.56. The number of aromatic amines is 2. The van der Waals surface area contributed by atoms with Gasteiger partial charge >= 0.3 is 12.2 Å². The fourth-order valence-electron chi connectivity index (χ4n) is 8.58. The highest BCUT2D eigenvalue weighted by molar-refractivity contribution is 6.07. The Labute approximate surface area is 383 Å². The standard InChI is InChI=1S/C51H56N8O7/c1-7-9-22-59(49(61)46(57-51(63)65-6)33-15-13-32(14-16-33)31-11-10-12-31)28-44-53-40-20-18-34-24-39-37-19-17-35(23-36(37)29-66-42(39)25-38(34)47(40)55-44)41-26-52-43(54-41)27-58(21-8-2)48(60)45(30(3)4)56-50(62)64-5/h7,10-11,13-20,23-26,30-31,45-46H,1,8-9,12,21-22,27-29H2,2-6H3,(H,52,54)(H,53,55)(H,56,62)(H,57,63)/t31?,45-,46+/m0/s1. The number of benzene rings is 4. The highest BCUT2D eigenvalue weighted by atomic mass is 16.5. The topological polar surface area (TPSA) is 184 Å². The zero-order valence-corrected chi connectivity index (χ0v) is 38.0. The van der Waals surface area contributed by atoms with Crippen LogP contribution in [0.2, 0.25) is 0 Å². The first kappa shape index (κ1) is 45.2. The van der Waals surface area contributed by atoms with E-state index in [1.54, 1.807) is 22.1 Å². The summed E-state index contributed by atoms with van der Waals surface area (Å²) in [6.07, 6.45) is 8.73. The quantitative estimate of drug-likeness (QED) is 0.0650. The summed E-state index contributed by atoms with van der Waals surface area (Å²) in [4.78, 5) is 72.4. The molecule has 2 aliphatic rings. The second-order valence-electron chi connectivity index (χ2n) is 17.1. The Kier molecular flexibility index (Phi) is 13.5. The molecule has 0 saturated heterocycles. The lowest BCUT2D eigenvalue weighted by Gasteiger charge is -2.28. The van der Waals surface area contributed by atoms with E-state index in [2.05, 4.69) is 74.6 Å². The Hall–Kier alpha value is -7.42. The zero-order valence-electron chi connectivity index (χ0n) is 38.0. The third-order valence-electron chi connectivity index (χ3n) is 12.3. The number of imidazole rings is 2. The zero-order chi connectivity index (χ0) is 46.5. The Morgan fingerprint density at radius 3 is 2.33 bits per heavy atom. The lowest BCUT2D eigenvalue weighted by molar-refractivity contribution is -0.135. The van der Waals surface area contributed by atoms with Crippen LogP contribution in [0.5, 0.6) is 5.75 Å². The van der Waals surface area contributed by atoms with E-state index in [1.807, 2.05) is 57.2 Å². The fraction of sp³-hybridized carbons (Fsp3) is 0.333. The average molecular weight is 893 g/mol.